The number of benzene rings is 2. The van der Waals surface area contributed by atoms with Gasteiger partial charge in [0.25, 0.3) is 5.88 Å². The Kier molecular flexibility index (Phi) is 4.25. The summed E-state index contributed by atoms with van der Waals surface area (Å²) in [6, 6.07) is 18.7. The molecule has 0 saturated carbocycles. The van der Waals surface area contributed by atoms with Gasteiger partial charge < -0.3 is 18.7 Å². The summed E-state index contributed by atoms with van der Waals surface area (Å²) in [5, 5.41) is 3.71. The van der Waals surface area contributed by atoms with Crippen molar-refractivity contribution in [1.29, 1.82) is 0 Å². The minimum absolute atomic E-state index is 0.287. The monoisotopic (exact) mass is 297 g/mol. The first-order valence-electron chi connectivity index (χ1n) is 6.79. The highest BCUT2D eigenvalue weighted by Gasteiger charge is 2.05. The Morgan fingerprint density at radius 2 is 1.59 bits per heavy atom. The number of nitrogens with zero attached hydrogens (tertiary/aromatic N) is 1. The van der Waals surface area contributed by atoms with E-state index in [1.165, 1.54) is 7.11 Å². The molecule has 0 atom stereocenters. The zero-order chi connectivity index (χ0) is 15.2. The summed E-state index contributed by atoms with van der Waals surface area (Å²) in [6.45, 7) is 0.287. The molecule has 0 spiro atoms. The second-order valence-corrected chi connectivity index (χ2v) is 4.51. The first-order valence-corrected chi connectivity index (χ1v) is 6.79. The Morgan fingerprint density at radius 3 is 2.27 bits per heavy atom. The fourth-order valence-corrected chi connectivity index (χ4v) is 1.84. The Balaban J connectivity index is 1.57. The van der Waals surface area contributed by atoms with E-state index in [0.29, 0.717) is 11.6 Å². The van der Waals surface area contributed by atoms with Crippen molar-refractivity contribution >= 4 is 0 Å². The molecular formula is C17H15NO4. The number of ether oxygens (including phenoxy) is 3. The fourth-order valence-electron chi connectivity index (χ4n) is 1.84. The fraction of sp³-hybridized carbons (Fsp3) is 0.118. The van der Waals surface area contributed by atoms with E-state index < -0.39 is 0 Å². The summed E-state index contributed by atoms with van der Waals surface area (Å²) in [5.41, 5.74) is 0. The van der Waals surface area contributed by atoms with Crippen molar-refractivity contribution in [3.8, 4) is 23.1 Å². The van der Waals surface area contributed by atoms with Gasteiger partial charge in [-0.15, -0.1) is 0 Å². The zero-order valence-electron chi connectivity index (χ0n) is 12.1. The van der Waals surface area contributed by atoms with E-state index in [4.69, 9.17) is 18.7 Å². The summed E-state index contributed by atoms with van der Waals surface area (Å²) >= 11 is 0. The van der Waals surface area contributed by atoms with E-state index in [1.807, 2.05) is 54.6 Å². The average Bonchev–Trinajstić information content (AvgIpc) is 3.03. The van der Waals surface area contributed by atoms with Gasteiger partial charge >= 0.3 is 0 Å². The van der Waals surface area contributed by atoms with Crippen molar-refractivity contribution in [3.63, 3.8) is 0 Å². The quantitative estimate of drug-likeness (QED) is 0.687. The first kappa shape index (κ1) is 14.0. The lowest BCUT2D eigenvalue weighted by atomic mass is 10.3. The van der Waals surface area contributed by atoms with Crippen LogP contribution in [0.25, 0.3) is 0 Å². The van der Waals surface area contributed by atoms with E-state index in [1.54, 1.807) is 6.07 Å². The van der Waals surface area contributed by atoms with Crippen molar-refractivity contribution in [1.82, 2.24) is 5.16 Å². The highest BCUT2D eigenvalue weighted by Crippen LogP contribution is 2.24. The predicted molar refractivity (Wildman–Crippen MR) is 80.3 cm³/mol. The van der Waals surface area contributed by atoms with Crippen LogP contribution in [0.2, 0.25) is 0 Å². The molecule has 0 unspecified atom stereocenters. The van der Waals surface area contributed by atoms with Gasteiger partial charge in [-0.3, -0.25) is 0 Å². The highest BCUT2D eigenvalue weighted by atomic mass is 16.5. The topological polar surface area (TPSA) is 53.7 Å². The molecule has 0 N–H and O–H groups in total. The highest BCUT2D eigenvalue weighted by molar-refractivity contribution is 5.35. The molecule has 0 saturated heterocycles. The smallest absolute Gasteiger partial charge is 0.254 e. The molecule has 112 valence electrons. The maximum Gasteiger partial charge on any atom is 0.254 e. The van der Waals surface area contributed by atoms with Gasteiger partial charge in [-0.1, -0.05) is 18.2 Å². The Hall–Kier alpha value is -2.95. The molecule has 5 nitrogen and oxygen atoms in total. The molecule has 0 aliphatic rings. The van der Waals surface area contributed by atoms with Crippen LogP contribution in [0.15, 0.2) is 65.2 Å². The second-order valence-electron chi connectivity index (χ2n) is 4.51. The lowest BCUT2D eigenvalue weighted by Crippen LogP contribution is -1.93. The van der Waals surface area contributed by atoms with Crippen LogP contribution in [0.5, 0.6) is 23.1 Å². The van der Waals surface area contributed by atoms with Crippen LogP contribution in [0.1, 0.15) is 5.76 Å². The van der Waals surface area contributed by atoms with Crippen LogP contribution in [-0.4, -0.2) is 12.3 Å². The number of aromatic nitrogens is 1. The number of hydrogen-bond donors (Lipinski definition) is 0. The van der Waals surface area contributed by atoms with Crippen molar-refractivity contribution in [3.05, 3.63) is 66.4 Å². The summed E-state index contributed by atoms with van der Waals surface area (Å²) in [7, 11) is 1.54. The summed E-state index contributed by atoms with van der Waals surface area (Å²) in [5.74, 6) is 3.30. The molecule has 0 radical (unpaired) electrons. The van der Waals surface area contributed by atoms with Gasteiger partial charge in [0.05, 0.1) is 7.11 Å². The third-order valence-corrected chi connectivity index (χ3v) is 2.93. The Morgan fingerprint density at radius 1 is 0.909 bits per heavy atom. The van der Waals surface area contributed by atoms with Gasteiger partial charge in [-0.2, -0.15) is 0 Å². The van der Waals surface area contributed by atoms with Crippen molar-refractivity contribution in [2.24, 2.45) is 0 Å². The summed E-state index contributed by atoms with van der Waals surface area (Å²) in [4.78, 5) is 0. The molecule has 0 aliphatic carbocycles. The first-order chi connectivity index (χ1) is 10.8. The van der Waals surface area contributed by atoms with E-state index in [-0.39, 0.29) is 6.61 Å². The maximum absolute atomic E-state index is 5.71. The molecule has 1 aromatic heterocycles. The van der Waals surface area contributed by atoms with E-state index in [9.17, 15) is 0 Å². The normalized spacial score (nSPS) is 10.2. The Bertz CT molecular complexity index is 707. The molecule has 3 aromatic rings. The van der Waals surface area contributed by atoms with E-state index >= 15 is 0 Å². The molecule has 22 heavy (non-hydrogen) atoms. The number of methoxy groups -OCH3 is 1. The van der Waals surface area contributed by atoms with Crippen LogP contribution in [0, 0.1) is 0 Å². The molecule has 0 amide bonds. The summed E-state index contributed by atoms with van der Waals surface area (Å²) < 4.78 is 21.3. The van der Waals surface area contributed by atoms with Crippen LogP contribution >= 0.6 is 0 Å². The van der Waals surface area contributed by atoms with Gasteiger partial charge in [-0.25, -0.2) is 0 Å². The van der Waals surface area contributed by atoms with E-state index in [2.05, 4.69) is 5.16 Å². The van der Waals surface area contributed by atoms with Crippen molar-refractivity contribution in [2.75, 3.05) is 7.11 Å². The molecular weight excluding hydrogens is 282 g/mol. The van der Waals surface area contributed by atoms with E-state index in [0.717, 1.165) is 17.2 Å². The molecule has 0 bridgehead atoms. The lowest BCUT2D eigenvalue weighted by Gasteiger charge is -2.07. The van der Waals surface area contributed by atoms with Gasteiger partial charge in [-0.05, 0) is 41.6 Å². The zero-order valence-corrected chi connectivity index (χ0v) is 12.1. The third-order valence-electron chi connectivity index (χ3n) is 2.93. The SMILES string of the molecule is COc1cc(COc2ccc(Oc3ccccc3)cc2)on1. The average molecular weight is 297 g/mol. The van der Waals surface area contributed by atoms with Gasteiger partial charge in [0, 0.05) is 6.07 Å². The van der Waals surface area contributed by atoms with Gasteiger partial charge in [0.1, 0.15) is 23.9 Å². The molecule has 2 aromatic carbocycles. The summed E-state index contributed by atoms with van der Waals surface area (Å²) in [6.07, 6.45) is 0. The van der Waals surface area contributed by atoms with Crippen LogP contribution in [0.3, 0.4) is 0 Å². The third kappa shape index (κ3) is 3.58. The van der Waals surface area contributed by atoms with Crippen LogP contribution in [0.4, 0.5) is 0 Å². The Labute approximate surface area is 128 Å². The maximum atomic E-state index is 5.71. The van der Waals surface area contributed by atoms with Crippen LogP contribution < -0.4 is 14.2 Å². The van der Waals surface area contributed by atoms with Gasteiger partial charge in [0.15, 0.2) is 5.76 Å². The van der Waals surface area contributed by atoms with Gasteiger partial charge in [0.2, 0.25) is 0 Å². The lowest BCUT2D eigenvalue weighted by molar-refractivity contribution is 0.244. The minimum Gasteiger partial charge on any atom is -0.486 e. The van der Waals surface area contributed by atoms with Crippen molar-refractivity contribution in [2.45, 2.75) is 6.61 Å². The molecule has 5 heteroatoms. The second kappa shape index (κ2) is 6.67. The predicted octanol–water partition coefficient (Wildman–Crippen LogP) is 4.05. The molecule has 0 aliphatic heterocycles. The molecule has 0 fully saturated rings. The number of rotatable bonds is 6. The number of para-hydroxylation sites is 1. The molecule has 3 rings (SSSR count). The largest absolute Gasteiger partial charge is 0.486 e. The number of hydrogen-bond acceptors (Lipinski definition) is 5. The van der Waals surface area contributed by atoms with Crippen molar-refractivity contribution < 1.29 is 18.7 Å². The minimum atomic E-state index is 0.287. The van der Waals surface area contributed by atoms with Crippen LogP contribution in [-0.2, 0) is 6.61 Å². The molecule has 1 heterocycles. The standard InChI is InChI=1S/C17H15NO4/c1-19-17-11-16(22-18-17)12-20-13-7-9-15(10-8-13)21-14-5-3-2-4-6-14/h2-11H,12H2,1H3.